The zero-order chi connectivity index (χ0) is 21.3. The van der Waals surface area contributed by atoms with Gasteiger partial charge in [-0.25, -0.2) is 0 Å². The number of aryl methyl sites for hydroxylation is 1. The van der Waals surface area contributed by atoms with Gasteiger partial charge in [0.2, 0.25) is 5.91 Å². The smallest absolute Gasteiger partial charge is 0.259 e. The first-order valence-corrected chi connectivity index (χ1v) is 11.1. The Morgan fingerprint density at radius 3 is 2.53 bits per heavy atom. The Bertz CT molecular complexity index is 934. The van der Waals surface area contributed by atoms with Crippen molar-refractivity contribution in [1.82, 2.24) is 15.0 Å². The molecular formula is C23H28ClN3O3. The highest BCUT2D eigenvalue weighted by Crippen LogP contribution is 2.33. The van der Waals surface area contributed by atoms with E-state index in [2.05, 4.69) is 12.1 Å². The molecule has 2 fully saturated rings. The van der Waals surface area contributed by atoms with E-state index in [0.717, 1.165) is 19.5 Å². The fourth-order valence-electron chi connectivity index (χ4n) is 4.60. The fraction of sp³-hybridized carbons (Fsp3) is 0.522. The van der Waals surface area contributed by atoms with E-state index in [-0.39, 0.29) is 17.7 Å². The van der Waals surface area contributed by atoms with E-state index in [1.807, 2.05) is 28.0 Å². The summed E-state index contributed by atoms with van der Waals surface area (Å²) in [4.78, 5) is 30.0. The first kappa shape index (κ1) is 20.9. The average Bonchev–Trinajstić information content (AvgIpc) is 3.14. The SMILES string of the molecule is Cc1onc(-c2ccccc2Cl)c1C(=O)N1CCC(C(=O)N2CCCC(C)C2)CC1. The van der Waals surface area contributed by atoms with Gasteiger partial charge in [-0.3, -0.25) is 9.59 Å². The molecule has 0 spiro atoms. The van der Waals surface area contributed by atoms with Gasteiger partial charge in [0, 0.05) is 37.7 Å². The molecule has 6 nitrogen and oxygen atoms in total. The van der Waals surface area contributed by atoms with E-state index < -0.39 is 0 Å². The predicted octanol–water partition coefficient (Wildman–Crippen LogP) is 4.41. The molecule has 1 unspecified atom stereocenters. The molecule has 3 heterocycles. The summed E-state index contributed by atoms with van der Waals surface area (Å²) in [6.07, 6.45) is 3.67. The van der Waals surface area contributed by atoms with Gasteiger partial charge in [-0.05, 0) is 44.6 Å². The zero-order valence-electron chi connectivity index (χ0n) is 17.6. The summed E-state index contributed by atoms with van der Waals surface area (Å²) in [5, 5.41) is 4.63. The van der Waals surface area contributed by atoms with Crippen LogP contribution in [-0.4, -0.2) is 52.9 Å². The summed E-state index contributed by atoms with van der Waals surface area (Å²) in [5.41, 5.74) is 1.62. The minimum atomic E-state index is -0.110. The molecule has 2 amide bonds. The van der Waals surface area contributed by atoms with E-state index in [1.54, 1.807) is 13.0 Å². The monoisotopic (exact) mass is 429 g/mol. The maximum absolute atomic E-state index is 13.3. The Morgan fingerprint density at radius 1 is 1.10 bits per heavy atom. The minimum absolute atomic E-state index is 0.00552. The minimum Gasteiger partial charge on any atom is -0.360 e. The largest absolute Gasteiger partial charge is 0.360 e. The van der Waals surface area contributed by atoms with Crippen molar-refractivity contribution in [3.63, 3.8) is 0 Å². The van der Waals surface area contributed by atoms with Crippen molar-refractivity contribution in [2.75, 3.05) is 26.2 Å². The van der Waals surface area contributed by atoms with E-state index in [9.17, 15) is 9.59 Å². The number of nitrogens with zero attached hydrogens (tertiary/aromatic N) is 3. The summed E-state index contributed by atoms with van der Waals surface area (Å²) in [6.45, 7) is 6.80. The lowest BCUT2D eigenvalue weighted by Crippen LogP contribution is -2.47. The van der Waals surface area contributed by atoms with Crippen LogP contribution in [0.5, 0.6) is 0 Å². The van der Waals surface area contributed by atoms with Crippen LogP contribution in [0.4, 0.5) is 0 Å². The highest BCUT2D eigenvalue weighted by molar-refractivity contribution is 6.33. The Balaban J connectivity index is 1.45. The lowest BCUT2D eigenvalue weighted by molar-refractivity contribution is -0.138. The third kappa shape index (κ3) is 4.10. The molecule has 0 N–H and O–H groups in total. The normalized spacial score (nSPS) is 20.4. The third-order valence-electron chi connectivity index (χ3n) is 6.31. The van der Waals surface area contributed by atoms with Gasteiger partial charge >= 0.3 is 0 Å². The molecule has 2 aliphatic rings. The van der Waals surface area contributed by atoms with E-state index in [0.29, 0.717) is 59.5 Å². The predicted molar refractivity (Wildman–Crippen MR) is 115 cm³/mol. The number of aromatic nitrogens is 1. The van der Waals surface area contributed by atoms with Crippen molar-refractivity contribution in [3.05, 3.63) is 40.6 Å². The maximum atomic E-state index is 13.3. The molecule has 0 aliphatic carbocycles. The summed E-state index contributed by atoms with van der Waals surface area (Å²) in [6, 6.07) is 7.30. The Morgan fingerprint density at radius 2 is 1.83 bits per heavy atom. The fourth-order valence-corrected chi connectivity index (χ4v) is 4.82. The molecule has 0 radical (unpaired) electrons. The molecule has 1 aromatic heterocycles. The first-order valence-electron chi connectivity index (χ1n) is 10.7. The molecule has 160 valence electrons. The van der Waals surface area contributed by atoms with Crippen molar-refractivity contribution in [2.24, 2.45) is 11.8 Å². The molecule has 1 aromatic carbocycles. The first-order chi connectivity index (χ1) is 14.5. The topological polar surface area (TPSA) is 66.7 Å². The van der Waals surface area contributed by atoms with E-state index >= 15 is 0 Å². The van der Waals surface area contributed by atoms with Gasteiger partial charge in [0.1, 0.15) is 17.0 Å². The maximum Gasteiger partial charge on any atom is 0.259 e. The molecule has 2 aliphatic heterocycles. The number of carbonyl (C=O) groups excluding carboxylic acids is 2. The van der Waals surface area contributed by atoms with Crippen molar-refractivity contribution < 1.29 is 14.1 Å². The lowest BCUT2D eigenvalue weighted by atomic mass is 9.92. The number of amides is 2. The van der Waals surface area contributed by atoms with Gasteiger partial charge < -0.3 is 14.3 Å². The summed E-state index contributed by atoms with van der Waals surface area (Å²) < 4.78 is 5.35. The number of rotatable bonds is 3. The highest BCUT2D eigenvalue weighted by Gasteiger charge is 2.34. The van der Waals surface area contributed by atoms with Crippen LogP contribution < -0.4 is 0 Å². The van der Waals surface area contributed by atoms with Crippen LogP contribution in [0.3, 0.4) is 0 Å². The van der Waals surface area contributed by atoms with Crippen molar-refractivity contribution >= 4 is 23.4 Å². The molecule has 2 aromatic rings. The number of hydrogen-bond donors (Lipinski definition) is 0. The van der Waals surface area contributed by atoms with Gasteiger partial charge in [-0.1, -0.05) is 41.9 Å². The van der Waals surface area contributed by atoms with E-state index in [1.165, 1.54) is 6.42 Å². The molecule has 0 saturated carbocycles. The van der Waals surface area contributed by atoms with Gasteiger partial charge in [0.15, 0.2) is 0 Å². The number of likely N-dealkylation sites (tertiary alicyclic amines) is 2. The number of halogens is 1. The molecule has 30 heavy (non-hydrogen) atoms. The van der Waals surface area contributed by atoms with Crippen molar-refractivity contribution in [1.29, 1.82) is 0 Å². The summed E-state index contributed by atoms with van der Waals surface area (Å²) >= 11 is 6.32. The highest BCUT2D eigenvalue weighted by atomic mass is 35.5. The number of piperidine rings is 2. The Kier molecular flexibility index (Phi) is 6.14. The summed E-state index contributed by atoms with van der Waals surface area (Å²) in [7, 11) is 0. The molecule has 7 heteroatoms. The summed E-state index contributed by atoms with van der Waals surface area (Å²) in [5.74, 6) is 1.21. The van der Waals surface area contributed by atoms with Crippen LogP contribution in [0.1, 0.15) is 48.7 Å². The molecule has 0 bridgehead atoms. The second kappa shape index (κ2) is 8.80. The average molecular weight is 430 g/mol. The number of hydrogen-bond acceptors (Lipinski definition) is 4. The van der Waals surface area contributed by atoms with Gasteiger partial charge in [0.05, 0.1) is 5.02 Å². The van der Waals surface area contributed by atoms with Gasteiger partial charge in [-0.2, -0.15) is 0 Å². The van der Waals surface area contributed by atoms with Crippen LogP contribution >= 0.6 is 11.6 Å². The molecular weight excluding hydrogens is 402 g/mol. The van der Waals surface area contributed by atoms with Gasteiger partial charge in [-0.15, -0.1) is 0 Å². The molecule has 4 rings (SSSR count). The van der Waals surface area contributed by atoms with Crippen molar-refractivity contribution in [2.45, 2.75) is 39.5 Å². The second-order valence-corrected chi connectivity index (χ2v) is 8.95. The van der Waals surface area contributed by atoms with Crippen LogP contribution in [0, 0.1) is 18.8 Å². The third-order valence-corrected chi connectivity index (χ3v) is 6.64. The standard InChI is InChI=1S/C23H28ClN3O3/c1-15-6-5-11-27(14-15)22(28)17-9-12-26(13-10-17)23(29)20-16(2)30-25-21(20)18-7-3-4-8-19(18)24/h3-4,7-8,15,17H,5-6,9-14H2,1-2H3. The number of benzene rings is 1. The Hall–Kier alpha value is -2.34. The molecule has 2 saturated heterocycles. The second-order valence-electron chi connectivity index (χ2n) is 8.54. The van der Waals surface area contributed by atoms with Gasteiger partial charge in [0.25, 0.3) is 5.91 Å². The van der Waals surface area contributed by atoms with Crippen LogP contribution in [0.25, 0.3) is 11.3 Å². The zero-order valence-corrected chi connectivity index (χ0v) is 18.3. The van der Waals surface area contributed by atoms with E-state index in [4.69, 9.17) is 16.1 Å². The molecule has 1 atom stereocenters. The van der Waals surface area contributed by atoms with Crippen LogP contribution in [0.2, 0.25) is 5.02 Å². The quantitative estimate of drug-likeness (QED) is 0.724. The number of carbonyl (C=O) groups is 2. The van der Waals surface area contributed by atoms with Crippen LogP contribution in [0.15, 0.2) is 28.8 Å². The van der Waals surface area contributed by atoms with Crippen LogP contribution in [-0.2, 0) is 4.79 Å². The Labute approximate surface area is 182 Å². The van der Waals surface area contributed by atoms with Crippen molar-refractivity contribution in [3.8, 4) is 11.3 Å². The lowest BCUT2D eigenvalue weighted by Gasteiger charge is -2.37.